The predicted octanol–water partition coefficient (Wildman–Crippen LogP) is 1.57. The number of hydrogen-bond acceptors (Lipinski definition) is 6. The Kier molecular flexibility index (Phi) is 4.38. The second-order valence-corrected chi connectivity index (χ2v) is 5.51. The summed E-state index contributed by atoms with van der Waals surface area (Å²) in [4.78, 5) is 37.6. The fourth-order valence-corrected chi connectivity index (χ4v) is 2.46. The van der Waals surface area contributed by atoms with Crippen LogP contribution in [0.3, 0.4) is 0 Å². The molecule has 0 atom stereocenters. The van der Waals surface area contributed by atoms with Crippen LogP contribution in [0.2, 0.25) is 0 Å². The molecule has 0 aliphatic carbocycles. The molecule has 25 heavy (non-hydrogen) atoms. The van der Waals surface area contributed by atoms with E-state index >= 15 is 0 Å². The van der Waals surface area contributed by atoms with Crippen molar-refractivity contribution in [3.8, 4) is 5.75 Å². The van der Waals surface area contributed by atoms with Gasteiger partial charge in [-0.25, -0.2) is 0 Å². The number of carbonyl (C=O) groups excluding carboxylic acids is 2. The first-order chi connectivity index (χ1) is 12.0. The van der Waals surface area contributed by atoms with Crippen LogP contribution in [0.15, 0.2) is 41.0 Å². The van der Waals surface area contributed by atoms with Gasteiger partial charge in [0.25, 0.3) is 11.6 Å². The Morgan fingerprint density at radius 3 is 2.88 bits per heavy atom. The van der Waals surface area contributed by atoms with Crippen LogP contribution < -0.4 is 9.64 Å². The summed E-state index contributed by atoms with van der Waals surface area (Å²) < 4.78 is 10.5. The maximum atomic E-state index is 12.4. The van der Waals surface area contributed by atoms with E-state index in [0.717, 1.165) is 0 Å². The molecule has 0 N–H and O–H groups in total. The first-order valence-corrected chi connectivity index (χ1v) is 7.43. The topological polar surface area (TPSA) is 106 Å². The summed E-state index contributed by atoms with van der Waals surface area (Å²) in [5.74, 6) is 0.170. The van der Waals surface area contributed by atoms with Gasteiger partial charge >= 0.3 is 0 Å². The molecule has 0 bridgehead atoms. The van der Waals surface area contributed by atoms with Crippen LogP contribution in [0.1, 0.15) is 5.76 Å². The SMILES string of the molecule is CN(Cc1ccco1)C(=O)CN1C(=O)COc2ccc([N+](=O)[O-])cc21. The lowest BCUT2D eigenvalue weighted by Crippen LogP contribution is -2.45. The number of benzene rings is 1. The largest absolute Gasteiger partial charge is 0.482 e. The van der Waals surface area contributed by atoms with Crippen LogP contribution in [-0.2, 0) is 16.1 Å². The van der Waals surface area contributed by atoms with Gasteiger partial charge in [0.1, 0.15) is 18.1 Å². The second-order valence-electron chi connectivity index (χ2n) is 5.51. The van der Waals surface area contributed by atoms with Crippen molar-refractivity contribution >= 4 is 23.2 Å². The lowest BCUT2D eigenvalue weighted by Gasteiger charge is -2.30. The Labute approximate surface area is 142 Å². The molecule has 0 saturated carbocycles. The molecular formula is C16H15N3O6. The lowest BCUT2D eigenvalue weighted by molar-refractivity contribution is -0.384. The molecule has 0 spiro atoms. The van der Waals surface area contributed by atoms with Crippen molar-refractivity contribution in [3.63, 3.8) is 0 Å². The molecule has 0 unspecified atom stereocenters. The normalized spacial score (nSPS) is 13.2. The number of nitro benzene ring substituents is 1. The first-order valence-electron chi connectivity index (χ1n) is 7.43. The minimum atomic E-state index is -0.567. The first kappa shape index (κ1) is 16.5. The van der Waals surface area contributed by atoms with Crippen LogP contribution in [0.25, 0.3) is 0 Å². The minimum Gasteiger partial charge on any atom is -0.482 e. The molecule has 9 nitrogen and oxygen atoms in total. The van der Waals surface area contributed by atoms with Crippen LogP contribution in [-0.4, -0.2) is 41.8 Å². The van der Waals surface area contributed by atoms with E-state index < -0.39 is 10.8 Å². The highest BCUT2D eigenvalue weighted by Crippen LogP contribution is 2.35. The van der Waals surface area contributed by atoms with E-state index in [2.05, 4.69) is 0 Å². The molecule has 0 saturated heterocycles. The molecule has 1 aliphatic rings. The van der Waals surface area contributed by atoms with E-state index in [0.29, 0.717) is 11.5 Å². The standard InChI is InChI=1S/C16H15N3O6/c1-17(8-12-3-2-6-24-12)15(20)9-18-13-7-11(19(22)23)4-5-14(13)25-10-16(18)21/h2-7H,8-10H2,1H3. The minimum absolute atomic E-state index is 0.182. The zero-order valence-corrected chi connectivity index (χ0v) is 13.4. The third-order valence-corrected chi connectivity index (χ3v) is 3.79. The van der Waals surface area contributed by atoms with Crippen LogP contribution in [0.5, 0.6) is 5.75 Å². The summed E-state index contributed by atoms with van der Waals surface area (Å²) in [6, 6.07) is 7.39. The van der Waals surface area contributed by atoms with Gasteiger partial charge in [0.05, 0.1) is 23.4 Å². The molecule has 3 rings (SSSR count). The van der Waals surface area contributed by atoms with Crippen molar-refractivity contribution < 1.29 is 23.7 Å². The van der Waals surface area contributed by atoms with Gasteiger partial charge < -0.3 is 14.1 Å². The number of non-ortho nitro benzene ring substituents is 1. The molecule has 130 valence electrons. The number of amides is 2. The van der Waals surface area contributed by atoms with Gasteiger partial charge in [-0.2, -0.15) is 0 Å². The molecule has 0 radical (unpaired) electrons. The van der Waals surface area contributed by atoms with Crippen molar-refractivity contribution in [2.24, 2.45) is 0 Å². The lowest BCUT2D eigenvalue weighted by atomic mass is 10.2. The average Bonchev–Trinajstić information content (AvgIpc) is 3.09. The van der Waals surface area contributed by atoms with Crippen molar-refractivity contribution in [1.29, 1.82) is 0 Å². The van der Waals surface area contributed by atoms with E-state index in [-0.39, 0.29) is 37.0 Å². The van der Waals surface area contributed by atoms with Crippen LogP contribution in [0, 0.1) is 10.1 Å². The summed E-state index contributed by atoms with van der Waals surface area (Å²) in [5, 5.41) is 11.0. The van der Waals surface area contributed by atoms with Gasteiger partial charge in [-0.05, 0) is 18.2 Å². The summed E-state index contributed by atoms with van der Waals surface area (Å²) >= 11 is 0. The Morgan fingerprint density at radius 2 is 2.20 bits per heavy atom. The summed E-state index contributed by atoms with van der Waals surface area (Å²) in [6.07, 6.45) is 1.51. The fourth-order valence-electron chi connectivity index (χ4n) is 2.46. The van der Waals surface area contributed by atoms with Gasteiger partial charge in [-0.15, -0.1) is 0 Å². The third kappa shape index (κ3) is 3.44. The Balaban J connectivity index is 1.79. The van der Waals surface area contributed by atoms with Crippen LogP contribution >= 0.6 is 0 Å². The quantitative estimate of drug-likeness (QED) is 0.601. The number of carbonyl (C=O) groups is 2. The van der Waals surface area contributed by atoms with Gasteiger partial charge in [0.15, 0.2) is 6.61 Å². The number of anilines is 1. The Hall–Kier alpha value is -3.36. The number of nitrogens with zero attached hydrogens (tertiary/aromatic N) is 3. The maximum absolute atomic E-state index is 12.4. The molecule has 2 aromatic rings. The average molecular weight is 345 g/mol. The Morgan fingerprint density at radius 1 is 1.40 bits per heavy atom. The number of rotatable bonds is 5. The highest BCUT2D eigenvalue weighted by atomic mass is 16.6. The molecule has 2 heterocycles. The van der Waals surface area contributed by atoms with E-state index in [1.807, 2.05) is 0 Å². The van der Waals surface area contributed by atoms with Gasteiger partial charge in [-0.3, -0.25) is 24.6 Å². The zero-order valence-electron chi connectivity index (χ0n) is 13.4. The summed E-state index contributed by atoms with van der Waals surface area (Å²) in [7, 11) is 1.59. The predicted molar refractivity (Wildman–Crippen MR) is 86.1 cm³/mol. The summed E-state index contributed by atoms with van der Waals surface area (Å²) in [5.41, 5.74) is 0.0311. The Bertz CT molecular complexity index is 817. The number of nitro groups is 1. The van der Waals surface area contributed by atoms with Gasteiger partial charge in [-0.1, -0.05) is 0 Å². The molecule has 1 aromatic carbocycles. The number of furan rings is 1. The van der Waals surface area contributed by atoms with E-state index in [1.54, 1.807) is 19.2 Å². The smallest absolute Gasteiger partial charge is 0.271 e. The number of ether oxygens (including phenoxy) is 1. The van der Waals surface area contributed by atoms with Crippen molar-refractivity contribution in [2.45, 2.75) is 6.54 Å². The van der Waals surface area contributed by atoms with Crippen LogP contribution in [0.4, 0.5) is 11.4 Å². The molecule has 1 aliphatic heterocycles. The molecule has 0 fully saturated rings. The van der Waals surface area contributed by atoms with Crippen molar-refractivity contribution in [1.82, 2.24) is 4.90 Å². The maximum Gasteiger partial charge on any atom is 0.271 e. The van der Waals surface area contributed by atoms with Gasteiger partial charge in [0, 0.05) is 19.2 Å². The third-order valence-electron chi connectivity index (χ3n) is 3.79. The number of hydrogen-bond donors (Lipinski definition) is 0. The zero-order chi connectivity index (χ0) is 18.0. The number of likely N-dealkylation sites (N-methyl/N-ethyl adjacent to an activating group) is 1. The van der Waals surface area contributed by atoms with E-state index in [9.17, 15) is 19.7 Å². The van der Waals surface area contributed by atoms with E-state index in [4.69, 9.17) is 9.15 Å². The monoisotopic (exact) mass is 345 g/mol. The van der Waals surface area contributed by atoms with E-state index in [1.165, 1.54) is 34.3 Å². The molecule has 2 amide bonds. The highest BCUT2D eigenvalue weighted by molar-refractivity contribution is 6.02. The highest BCUT2D eigenvalue weighted by Gasteiger charge is 2.30. The van der Waals surface area contributed by atoms with Crippen molar-refractivity contribution in [2.75, 3.05) is 25.1 Å². The fraction of sp³-hybridized carbons (Fsp3) is 0.250. The molecule has 1 aromatic heterocycles. The number of fused-ring (bicyclic) bond motifs is 1. The summed E-state index contributed by atoms with van der Waals surface area (Å²) in [6.45, 7) is -0.209. The molecular weight excluding hydrogens is 330 g/mol. The van der Waals surface area contributed by atoms with Crippen molar-refractivity contribution in [3.05, 3.63) is 52.5 Å². The van der Waals surface area contributed by atoms with Gasteiger partial charge in [0.2, 0.25) is 5.91 Å². The molecule has 9 heteroatoms. The second kappa shape index (κ2) is 6.63.